The topological polar surface area (TPSA) is 111 Å². The Hall–Kier alpha value is -3.24. The lowest BCUT2D eigenvalue weighted by Crippen LogP contribution is -2.15. The maximum atomic E-state index is 12.8. The van der Waals surface area contributed by atoms with Crippen molar-refractivity contribution in [3.8, 4) is 11.5 Å². The van der Waals surface area contributed by atoms with E-state index in [2.05, 4.69) is 9.44 Å². The maximum Gasteiger partial charge on any atom is 0.265 e. The number of methoxy groups -OCH3 is 2. The summed E-state index contributed by atoms with van der Waals surface area (Å²) in [5.41, 5.74) is 1.49. The summed E-state index contributed by atoms with van der Waals surface area (Å²) in [6.07, 6.45) is 0. The number of anilines is 2. The van der Waals surface area contributed by atoms with Gasteiger partial charge in [0.2, 0.25) is 0 Å². The molecule has 0 aliphatic rings. The van der Waals surface area contributed by atoms with Crippen molar-refractivity contribution in [2.75, 3.05) is 23.7 Å². The zero-order valence-corrected chi connectivity index (χ0v) is 18.7. The van der Waals surface area contributed by atoms with Crippen LogP contribution in [0.3, 0.4) is 0 Å². The lowest BCUT2D eigenvalue weighted by Gasteiger charge is -2.13. The molecule has 0 unspecified atom stereocenters. The molecule has 0 spiro atoms. The number of sulfonamides is 2. The molecule has 0 heterocycles. The average molecular weight is 463 g/mol. The zero-order valence-electron chi connectivity index (χ0n) is 17.1. The van der Waals surface area contributed by atoms with Crippen LogP contribution in [0.5, 0.6) is 11.5 Å². The summed E-state index contributed by atoms with van der Waals surface area (Å²) in [6.45, 7) is 1.87. The van der Waals surface area contributed by atoms with Crippen LogP contribution in [0, 0.1) is 6.92 Å². The molecule has 0 aliphatic heterocycles. The Bertz CT molecular complexity index is 1270. The smallest absolute Gasteiger partial charge is 0.265 e. The molecule has 3 aromatic rings. The summed E-state index contributed by atoms with van der Waals surface area (Å²) in [5.74, 6) is 0.526. The van der Waals surface area contributed by atoms with Gasteiger partial charge in [0.05, 0.1) is 19.1 Å². The second-order valence-electron chi connectivity index (χ2n) is 6.62. The van der Waals surface area contributed by atoms with Gasteiger partial charge in [0.25, 0.3) is 20.0 Å². The van der Waals surface area contributed by atoms with Gasteiger partial charge in [-0.1, -0.05) is 17.7 Å². The summed E-state index contributed by atoms with van der Waals surface area (Å²) in [5, 5.41) is 0. The molecular weight excluding hydrogens is 440 g/mol. The predicted octanol–water partition coefficient (Wildman–Crippen LogP) is 3.61. The molecule has 0 saturated carbocycles. The Balaban J connectivity index is 1.80. The fraction of sp³-hybridized carbons (Fsp3) is 0.143. The molecule has 0 radical (unpaired) electrons. The Kier molecular flexibility index (Phi) is 6.42. The van der Waals surface area contributed by atoms with Crippen molar-refractivity contribution in [2.24, 2.45) is 0 Å². The van der Waals surface area contributed by atoms with Crippen LogP contribution in [0.4, 0.5) is 11.4 Å². The van der Waals surface area contributed by atoms with Gasteiger partial charge in [-0.2, -0.15) is 0 Å². The van der Waals surface area contributed by atoms with Gasteiger partial charge in [0.15, 0.2) is 0 Å². The van der Waals surface area contributed by atoms with Gasteiger partial charge in [-0.05, 0) is 55.5 Å². The van der Waals surface area contributed by atoms with E-state index in [0.717, 1.165) is 5.56 Å². The quantitative estimate of drug-likeness (QED) is 0.529. The summed E-state index contributed by atoms with van der Waals surface area (Å²) in [6, 6.07) is 16.7. The number of benzene rings is 3. The van der Waals surface area contributed by atoms with Crippen LogP contribution in [-0.4, -0.2) is 31.1 Å². The molecule has 0 aromatic heterocycles. The van der Waals surface area contributed by atoms with Crippen LogP contribution in [0.15, 0.2) is 76.5 Å². The van der Waals surface area contributed by atoms with E-state index >= 15 is 0 Å². The maximum absolute atomic E-state index is 12.8. The first-order valence-corrected chi connectivity index (χ1v) is 12.1. The molecule has 164 valence electrons. The highest BCUT2D eigenvalue weighted by atomic mass is 32.2. The standard InChI is InChI=1S/C21H22N2O6S2/c1-15-4-11-19(12-5-15)30(24,25)22-16-6-8-17(9-7-16)23-31(26,27)21-14-18(28-2)10-13-20(21)29-3/h4-14,22-23H,1-3H3. The van der Waals surface area contributed by atoms with Gasteiger partial charge >= 0.3 is 0 Å². The lowest BCUT2D eigenvalue weighted by molar-refractivity contribution is 0.392. The number of ether oxygens (including phenoxy) is 2. The third-order valence-corrected chi connectivity index (χ3v) is 7.18. The van der Waals surface area contributed by atoms with Crippen LogP contribution in [0.1, 0.15) is 5.56 Å². The first-order chi connectivity index (χ1) is 14.6. The first kappa shape index (κ1) is 22.4. The van der Waals surface area contributed by atoms with E-state index in [1.165, 1.54) is 62.8 Å². The minimum Gasteiger partial charge on any atom is -0.497 e. The van der Waals surface area contributed by atoms with Gasteiger partial charge in [0, 0.05) is 17.4 Å². The summed E-state index contributed by atoms with van der Waals surface area (Å²) in [7, 11) is -4.93. The number of rotatable bonds is 8. The first-order valence-electron chi connectivity index (χ1n) is 9.09. The van der Waals surface area contributed by atoms with Gasteiger partial charge in [-0.25, -0.2) is 16.8 Å². The molecular formula is C21H22N2O6S2. The van der Waals surface area contributed by atoms with Crippen molar-refractivity contribution in [2.45, 2.75) is 16.7 Å². The van der Waals surface area contributed by atoms with Crippen molar-refractivity contribution in [3.05, 3.63) is 72.3 Å². The van der Waals surface area contributed by atoms with Crippen molar-refractivity contribution in [3.63, 3.8) is 0 Å². The normalized spacial score (nSPS) is 11.6. The second kappa shape index (κ2) is 8.86. The van der Waals surface area contributed by atoms with Gasteiger partial charge in [-0.15, -0.1) is 0 Å². The minimum absolute atomic E-state index is 0.0847. The molecule has 0 aliphatic carbocycles. The Morgan fingerprint density at radius 3 is 1.74 bits per heavy atom. The molecule has 0 amide bonds. The molecule has 0 bridgehead atoms. The van der Waals surface area contributed by atoms with Crippen molar-refractivity contribution in [1.82, 2.24) is 0 Å². The van der Waals surface area contributed by atoms with Crippen LogP contribution >= 0.6 is 0 Å². The highest BCUT2D eigenvalue weighted by Gasteiger charge is 2.21. The molecule has 3 rings (SSSR count). The second-order valence-corrected chi connectivity index (χ2v) is 9.95. The van der Waals surface area contributed by atoms with E-state index in [-0.39, 0.29) is 21.2 Å². The molecule has 0 saturated heterocycles. The van der Waals surface area contributed by atoms with E-state index in [1.807, 2.05) is 6.92 Å². The average Bonchev–Trinajstić information content (AvgIpc) is 2.74. The Morgan fingerprint density at radius 1 is 0.677 bits per heavy atom. The van der Waals surface area contributed by atoms with E-state index in [1.54, 1.807) is 18.2 Å². The van der Waals surface area contributed by atoms with Crippen molar-refractivity contribution >= 4 is 31.4 Å². The van der Waals surface area contributed by atoms with Crippen LogP contribution in [0.2, 0.25) is 0 Å². The van der Waals surface area contributed by atoms with Crippen LogP contribution in [-0.2, 0) is 20.0 Å². The van der Waals surface area contributed by atoms with Crippen LogP contribution < -0.4 is 18.9 Å². The van der Waals surface area contributed by atoms with Gasteiger partial charge in [0.1, 0.15) is 16.4 Å². The summed E-state index contributed by atoms with van der Waals surface area (Å²) >= 11 is 0. The zero-order chi connectivity index (χ0) is 22.6. The number of nitrogens with one attached hydrogen (secondary N) is 2. The molecule has 2 N–H and O–H groups in total. The van der Waals surface area contributed by atoms with Crippen molar-refractivity contribution < 1.29 is 26.3 Å². The SMILES string of the molecule is COc1ccc(OC)c(S(=O)(=O)Nc2ccc(NS(=O)(=O)c3ccc(C)cc3)cc2)c1. The highest BCUT2D eigenvalue weighted by molar-refractivity contribution is 7.93. The number of hydrogen-bond acceptors (Lipinski definition) is 6. The van der Waals surface area contributed by atoms with Crippen LogP contribution in [0.25, 0.3) is 0 Å². The minimum atomic E-state index is -3.98. The monoisotopic (exact) mass is 462 g/mol. The molecule has 3 aromatic carbocycles. The van der Waals surface area contributed by atoms with Crippen molar-refractivity contribution in [1.29, 1.82) is 0 Å². The third kappa shape index (κ3) is 5.28. The number of hydrogen-bond donors (Lipinski definition) is 2. The fourth-order valence-corrected chi connectivity index (χ4v) is 5.04. The van der Waals surface area contributed by atoms with E-state index in [0.29, 0.717) is 11.4 Å². The lowest BCUT2D eigenvalue weighted by atomic mass is 10.2. The molecule has 31 heavy (non-hydrogen) atoms. The third-order valence-electron chi connectivity index (χ3n) is 4.38. The Labute approximate surface area is 181 Å². The number of aryl methyl sites for hydroxylation is 1. The predicted molar refractivity (Wildman–Crippen MR) is 119 cm³/mol. The molecule has 0 fully saturated rings. The molecule has 8 nitrogen and oxygen atoms in total. The molecule has 0 atom stereocenters. The summed E-state index contributed by atoms with van der Waals surface area (Å²) in [4.78, 5) is 0.0477. The fourth-order valence-electron chi connectivity index (χ4n) is 2.74. The van der Waals surface area contributed by atoms with E-state index in [4.69, 9.17) is 9.47 Å². The van der Waals surface area contributed by atoms with Gasteiger partial charge in [-0.3, -0.25) is 9.44 Å². The molecule has 10 heteroatoms. The largest absolute Gasteiger partial charge is 0.497 e. The van der Waals surface area contributed by atoms with E-state index < -0.39 is 20.0 Å². The highest BCUT2D eigenvalue weighted by Crippen LogP contribution is 2.30. The van der Waals surface area contributed by atoms with E-state index in [9.17, 15) is 16.8 Å². The Morgan fingerprint density at radius 2 is 1.23 bits per heavy atom. The van der Waals surface area contributed by atoms with Gasteiger partial charge < -0.3 is 9.47 Å². The summed E-state index contributed by atoms with van der Waals surface area (Å²) < 4.78 is 65.8.